The van der Waals surface area contributed by atoms with Crippen LogP contribution in [0.4, 0.5) is 10.1 Å². The van der Waals surface area contributed by atoms with Gasteiger partial charge in [0.15, 0.2) is 0 Å². The van der Waals surface area contributed by atoms with Gasteiger partial charge < -0.3 is 20.3 Å². The number of halogens is 1. The summed E-state index contributed by atoms with van der Waals surface area (Å²) in [6.07, 6.45) is 3.48. The molecule has 12 heteroatoms. The summed E-state index contributed by atoms with van der Waals surface area (Å²) in [5.41, 5.74) is 3.34. The van der Waals surface area contributed by atoms with E-state index in [-0.39, 0.29) is 49.9 Å². The molecule has 0 radical (unpaired) electrons. The van der Waals surface area contributed by atoms with Gasteiger partial charge in [0, 0.05) is 26.1 Å². The van der Waals surface area contributed by atoms with Crippen molar-refractivity contribution in [1.29, 1.82) is 0 Å². The van der Waals surface area contributed by atoms with Crippen molar-refractivity contribution < 1.29 is 28.3 Å². The molecule has 0 saturated carbocycles. The minimum absolute atomic E-state index is 0.0858. The number of aryl methyl sites for hydroxylation is 1. The third kappa shape index (κ3) is 6.75. The Bertz CT molecular complexity index is 1240. The fourth-order valence-corrected chi connectivity index (χ4v) is 5.66. The Morgan fingerprint density at radius 1 is 1.24 bits per heavy atom. The van der Waals surface area contributed by atoms with Crippen molar-refractivity contribution in [3.05, 3.63) is 47.3 Å². The van der Waals surface area contributed by atoms with Crippen LogP contribution in [0.1, 0.15) is 50.4 Å². The van der Waals surface area contributed by atoms with E-state index in [2.05, 4.69) is 20.8 Å². The maximum absolute atomic E-state index is 14.0. The zero-order valence-corrected chi connectivity index (χ0v) is 23.8. The molecule has 0 fully saturated rings. The van der Waals surface area contributed by atoms with Gasteiger partial charge in [0.1, 0.15) is 24.8 Å². The van der Waals surface area contributed by atoms with E-state index >= 15 is 0 Å². The highest BCUT2D eigenvalue weighted by Crippen LogP contribution is 2.39. The number of carbonyl (C=O) groups excluding carboxylic acids is 4. The number of ether oxygens (including phenoxy) is 1. The summed E-state index contributed by atoms with van der Waals surface area (Å²) in [7, 11) is 0. The van der Waals surface area contributed by atoms with Crippen molar-refractivity contribution in [3.8, 4) is 0 Å². The van der Waals surface area contributed by atoms with Crippen LogP contribution in [0, 0.1) is 5.92 Å². The van der Waals surface area contributed by atoms with Gasteiger partial charge in [0.25, 0.3) is 0 Å². The molecule has 41 heavy (non-hydrogen) atoms. The lowest BCUT2D eigenvalue weighted by Crippen LogP contribution is -2.59. The summed E-state index contributed by atoms with van der Waals surface area (Å²) in [5.74, 6) is -1.61. The van der Waals surface area contributed by atoms with Crippen LogP contribution in [0.2, 0.25) is 0 Å². The quantitative estimate of drug-likeness (QED) is 0.314. The molecular weight excluding hydrogens is 531 g/mol. The number of nitrogens with one attached hydrogen (secondary N) is 3. The largest absolute Gasteiger partial charge is 0.377 e. The van der Waals surface area contributed by atoms with Gasteiger partial charge in [-0.15, -0.1) is 0 Å². The molecule has 0 spiro atoms. The van der Waals surface area contributed by atoms with E-state index in [0.717, 1.165) is 22.5 Å². The van der Waals surface area contributed by atoms with Gasteiger partial charge in [0.05, 0.1) is 31.1 Å². The number of alkyl halides is 1. The van der Waals surface area contributed by atoms with E-state index in [1.807, 2.05) is 32.0 Å². The third-order valence-corrected chi connectivity index (χ3v) is 7.93. The van der Waals surface area contributed by atoms with E-state index in [0.29, 0.717) is 25.7 Å². The lowest BCUT2D eigenvalue weighted by Gasteiger charge is -2.35. The Kier molecular flexibility index (Phi) is 10.1. The fourth-order valence-electron chi connectivity index (χ4n) is 5.66. The number of H-pyrrole nitrogens is 1. The Balaban J connectivity index is 1.55. The van der Waals surface area contributed by atoms with Gasteiger partial charge in [-0.3, -0.25) is 29.2 Å². The number of aromatic amines is 1. The van der Waals surface area contributed by atoms with E-state index in [1.54, 1.807) is 12.3 Å². The van der Waals surface area contributed by atoms with Crippen molar-refractivity contribution in [3.63, 3.8) is 0 Å². The van der Waals surface area contributed by atoms with Crippen molar-refractivity contribution in [2.45, 2.75) is 71.1 Å². The highest BCUT2D eigenvalue weighted by atomic mass is 19.1. The Hall–Kier alpha value is -3.80. The van der Waals surface area contributed by atoms with Gasteiger partial charge in [0.2, 0.25) is 23.6 Å². The zero-order valence-electron chi connectivity index (χ0n) is 23.8. The molecule has 2 aliphatic heterocycles. The first-order valence-electron chi connectivity index (χ1n) is 14.2. The Morgan fingerprint density at radius 2 is 2.02 bits per heavy atom. The summed E-state index contributed by atoms with van der Waals surface area (Å²) in [4.78, 5) is 56.7. The van der Waals surface area contributed by atoms with E-state index in [1.165, 1.54) is 16.7 Å². The SMILES string of the molecule is CC[C@H](C)[C@@H](C(=O)NC1CCc2cccc3c2N(C1=O)C(C(=O)NCc1ccn[nH]1)C3)N(CCOCCF)C(C)=O. The van der Waals surface area contributed by atoms with E-state index < -0.39 is 30.7 Å². The molecule has 2 aliphatic rings. The second-order valence-corrected chi connectivity index (χ2v) is 10.6. The molecule has 1 aromatic carbocycles. The van der Waals surface area contributed by atoms with Gasteiger partial charge >= 0.3 is 0 Å². The van der Waals surface area contributed by atoms with Gasteiger partial charge in [-0.2, -0.15) is 5.10 Å². The second-order valence-electron chi connectivity index (χ2n) is 10.6. The van der Waals surface area contributed by atoms with Crippen LogP contribution in [0.5, 0.6) is 0 Å². The smallest absolute Gasteiger partial charge is 0.250 e. The maximum Gasteiger partial charge on any atom is 0.250 e. The van der Waals surface area contributed by atoms with Crippen LogP contribution in [0.3, 0.4) is 0 Å². The number of para-hydroxylation sites is 1. The first-order valence-corrected chi connectivity index (χ1v) is 14.2. The average molecular weight is 571 g/mol. The van der Waals surface area contributed by atoms with Crippen LogP contribution < -0.4 is 15.5 Å². The number of carbonyl (C=O) groups is 4. The highest BCUT2D eigenvalue weighted by molar-refractivity contribution is 6.08. The number of nitrogens with zero attached hydrogens (tertiary/aromatic N) is 3. The molecule has 3 heterocycles. The second kappa shape index (κ2) is 13.7. The molecule has 0 bridgehead atoms. The first kappa shape index (κ1) is 30.2. The number of hydrogen-bond acceptors (Lipinski definition) is 6. The molecule has 0 aliphatic carbocycles. The van der Waals surface area contributed by atoms with Crippen LogP contribution >= 0.6 is 0 Å². The highest BCUT2D eigenvalue weighted by Gasteiger charge is 2.45. The molecule has 2 aromatic rings. The molecule has 4 rings (SSSR count). The zero-order chi connectivity index (χ0) is 29.5. The maximum atomic E-state index is 14.0. The average Bonchev–Trinajstić information content (AvgIpc) is 3.60. The van der Waals surface area contributed by atoms with E-state index in [4.69, 9.17) is 4.74 Å². The lowest BCUT2D eigenvalue weighted by molar-refractivity contribution is -0.143. The molecule has 11 nitrogen and oxygen atoms in total. The van der Waals surface area contributed by atoms with Crippen LogP contribution in [0.15, 0.2) is 30.5 Å². The number of rotatable bonds is 13. The number of amides is 4. The molecule has 3 N–H and O–H groups in total. The topological polar surface area (TPSA) is 137 Å². The van der Waals surface area contributed by atoms with Crippen molar-refractivity contribution in [2.24, 2.45) is 5.92 Å². The first-order chi connectivity index (χ1) is 19.8. The number of hydrogen-bond donors (Lipinski definition) is 3. The molecule has 0 saturated heterocycles. The Labute approximate surface area is 239 Å². The predicted molar refractivity (Wildman–Crippen MR) is 150 cm³/mol. The normalized spacial score (nSPS) is 19.2. The van der Waals surface area contributed by atoms with Crippen molar-refractivity contribution in [1.82, 2.24) is 25.7 Å². The standard InChI is InChI=1S/C29H39FN6O5/c1-4-18(2)25(35(19(3)37)13-15-41-14-11-30)28(39)33-23-9-8-20-6-5-7-21-16-24(36(26(20)21)29(23)40)27(38)31-17-22-10-12-32-34-22/h5-7,10,12,18,23-25H,4,8-9,11,13-17H2,1-3H3,(H,31,38)(H,32,34)(H,33,39)/t18-,23?,24?,25-/m0/s1. The minimum Gasteiger partial charge on any atom is -0.377 e. The van der Waals surface area contributed by atoms with Crippen LogP contribution in [-0.4, -0.2) is 83.3 Å². The monoisotopic (exact) mass is 570 g/mol. The minimum atomic E-state index is -0.882. The molecule has 2 unspecified atom stereocenters. The number of aromatic nitrogens is 2. The Morgan fingerprint density at radius 3 is 2.71 bits per heavy atom. The summed E-state index contributed by atoms with van der Waals surface area (Å²) >= 11 is 0. The molecular formula is C29H39FN6O5. The number of benzene rings is 1. The predicted octanol–water partition coefficient (Wildman–Crippen LogP) is 1.66. The summed E-state index contributed by atoms with van der Waals surface area (Å²) < 4.78 is 17.7. The van der Waals surface area contributed by atoms with Gasteiger partial charge in [-0.05, 0) is 36.0 Å². The van der Waals surface area contributed by atoms with Crippen molar-refractivity contribution >= 4 is 29.3 Å². The summed E-state index contributed by atoms with van der Waals surface area (Å²) in [5, 5.41) is 12.5. The van der Waals surface area contributed by atoms with Crippen LogP contribution in [0.25, 0.3) is 0 Å². The number of anilines is 1. The molecule has 1 aromatic heterocycles. The third-order valence-electron chi connectivity index (χ3n) is 7.93. The van der Waals surface area contributed by atoms with Crippen molar-refractivity contribution in [2.75, 3.05) is 31.3 Å². The van der Waals surface area contributed by atoms with E-state index in [9.17, 15) is 23.6 Å². The summed E-state index contributed by atoms with van der Waals surface area (Å²) in [6, 6.07) is 5.08. The van der Waals surface area contributed by atoms with Gasteiger partial charge in [-0.1, -0.05) is 38.5 Å². The molecule has 222 valence electrons. The molecule has 4 amide bonds. The molecule has 4 atom stereocenters. The fraction of sp³-hybridized carbons (Fsp3) is 0.552. The van der Waals surface area contributed by atoms with Gasteiger partial charge in [-0.25, -0.2) is 4.39 Å². The summed E-state index contributed by atoms with van der Waals surface area (Å²) in [6.45, 7) is 4.91. The lowest BCUT2D eigenvalue weighted by atomic mass is 9.95. The van der Waals surface area contributed by atoms with Crippen LogP contribution in [-0.2, 0) is 43.3 Å².